The van der Waals surface area contributed by atoms with E-state index in [0.717, 1.165) is 11.8 Å². The molecule has 0 aromatic carbocycles. The van der Waals surface area contributed by atoms with Gasteiger partial charge in [-0.15, -0.1) is 33.2 Å². The molecule has 2 bridgehead atoms. The minimum Gasteiger partial charge on any atom is -0.125 e. The lowest BCUT2D eigenvalue weighted by atomic mass is 9.90. The Hall–Kier alpha value is 1.09. The van der Waals surface area contributed by atoms with Gasteiger partial charge in [0.1, 0.15) is 0 Å². The summed E-state index contributed by atoms with van der Waals surface area (Å²) in [6, 6.07) is -2.46. The predicted octanol–water partition coefficient (Wildman–Crippen LogP) is 4.22. The standard InChI is InChI=1S/C8H13Cl3Si/c1-6-4-8(12(9,10)11)3-2-7(6)5-8/h6-7H,2-5H2,1H3. The maximum absolute atomic E-state index is 6.16. The molecule has 2 rings (SSSR count). The van der Waals surface area contributed by atoms with E-state index in [2.05, 4.69) is 6.92 Å². The smallest absolute Gasteiger partial charge is 0.125 e. The normalized spacial score (nSPS) is 47.0. The summed E-state index contributed by atoms with van der Waals surface area (Å²) in [4.78, 5) is 0. The summed E-state index contributed by atoms with van der Waals surface area (Å²) in [7, 11) is 0. The Bertz CT molecular complexity index is 197. The Morgan fingerprint density at radius 3 is 2.17 bits per heavy atom. The fourth-order valence-electron chi connectivity index (χ4n) is 2.99. The molecular formula is C8H13Cl3Si. The molecule has 4 heteroatoms. The van der Waals surface area contributed by atoms with Crippen LogP contribution in [0.1, 0.15) is 32.6 Å². The van der Waals surface area contributed by atoms with Crippen LogP contribution in [0.2, 0.25) is 5.04 Å². The van der Waals surface area contributed by atoms with Gasteiger partial charge >= 0.3 is 6.00 Å². The van der Waals surface area contributed by atoms with Crippen LogP contribution in [0, 0.1) is 11.8 Å². The Morgan fingerprint density at radius 2 is 1.92 bits per heavy atom. The van der Waals surface area contributed by atoms with Gasteiger partial charge in [-0.3, -0.25) is 0 Å². The van der Waals surface area contributed by atoms with Crippen LogP contribution in [0.25, 0.3) is 0 Å². The van der Waals surface area contributed by atoms with E-state index in [-0.39, 0.29) is 5.04 Å². The Morgan fingerprint density at radius 1 is 1.25 bits per heavy atom. The van der Waals surface area contributed by atoms with E-state index < -0.39 is 6.00 Å². The first-order chi connectivity index (χ1) is 5.45. The number of fused-ring (bicyclic) bond motifs is 2. The zero-order valence-electron chi connectivity index (χ0n) is 7.12. The molecule has 0 saturated heterocycles. The second-order valence-corrected chi connectivity index (χ2v) is 13.4. The lowest BCUT2D eigenvalue weighted by molar-refractivity contribution is 0.364. The molecule has 12 heavy (non-hydrogen) atoms. The molecule has 0 heterocycles. The van der Waals surface area contributed by atoms with Crippen molar-refractivity contribution in [2.75, 3.05) is 0 Å². The summed E-state index contributed by atoms with van der Waals surface area (Å²) < 4.78 is 0. The van der Waals surface area contributed by atoms with E-state index in [1.807, 2.05) is 0 Å². The SMILES string of the molecule is CC1CC2([Si](Cl)(Cl)Cl)CCC1C2. The first kappa shape index (κ1) is 9.63. The van der Waals surface area contributed by atoms with Crippen LogP contribution in [0.4, 0.5) is 0 Å². The third-order valence-electron chi connectivity index (χ3n) is 3.77. The average Bonchev–Trinajstić information content (AvgIpc) is 2.42. The van der Waals surface area contributed by atoms with E-state index in [0.29, 0.717) is 0 Å². The van der Waals surface area contributed by atoms with Gasteiger partial charge in [-0.25, -0.2) is 0 Å². The summed E-state index contributed by atoms with van der Waals surface area (Å²) in [6.07, 6.45) is 4.82. The zero-order chi connectivity index (χ0) is 8.98. The average molecular weight is 244 g/mol. The van der Waals surface area contributed by atoms with Crippen LogP contribution in [0.15, 0.2) is 0 Å². The maximum atomic E-state index is 6.16. The minimum atomic E-state index is -2.46. The van der Waals surface area contributed by atoms with Gasteiger partial charge < -0.3 is 0 Å². The number of rotatable bonds is 1. The van der Waals surface area contributed by atoms with Gasteiger partial charge in [0.05, 0.1) is 0 Å². The number of halogens is 3. The van der Waals surface area contributed by atoms with E-state index in [9.17, 15) is 0 Å². The molecule has 3 unspecified atom stereocenters. The van der Waals surface area contributed by atoms with Gasteiger partial charge in [-0.2, -0.15) is 0 Å². The van der Waals surface area contributed by atoms with E-state index in [1.165, 1.54) is 25.7 Å². The maximum Gasteiger partial charge on any atom is 0.347 e. The highest BCUT2D eigenvalue weighted by Crippen LogP contribution is 2.69. The molecule has 0 amide bonds. The van der Waals surface area contributed by atoms with Crippen LogP contribution in [0.5, 0.6) is 0 Å². The second kappa shape index (κ2) is 2.79. The van der Waals surface area contributed by atoms with Gasteiger partial charge in [0.15, 0.2) is 0 Å². The van der Waals surface area contributed by atoms with Crippen LogP contribution >= 0.6 is 33.2 Å². The molecule has 70 valence electrons. The number of hydrogen-bond acceptors (Lipinski definition) is 0. The molecule has 0 aromatic rings. The van der Waals surface area contributed by atoms with Crippen LogP contribution in [-0.2, 0) is 0 Å². The topological polar surface area (TPSA) is 0 Å². The van der Waals surface area contributed by atoms with Crippen molar-refractivity contribution in [3.05, 3.63) is 0 Å². The molecule has 0 spiro atoms. The van der Waals surface area contributed by atoms with Gasteiger partial charge in [-0.1, -0.05) is 6.92 Å². The third kappa shape index (κ3) is 1.25. The van der Waals surface area contributed by atoms with Crippen LogP contribution in [0.3, 0.4) is 0 Å². The van der Waals surface area contributed by atoms with Gasteiger partial charge in [-0.05, 0) is 37.5 Å². The fourth-order valence-corrected chi connectivity index (χ4v) is 6.71. The van der Waals surface area contributed by atoms with Crippen molar-refractivity contribution in [2.24, 2.45) is 11.8 Å². The number of hydrogen-bond donors (Lipinski definition) is 0. The lowest BCUT2D eigenvalue weighted by Gasteiger charge is -2.33. The van der Waals surface area contributed by atoms with Crippen molar-refractivity contribution in [3.8, 4) is 0 Å². The molecule has 2 saturated carbocycles. The van der Waals surface area contributed by atoms with E-state index in [4.69, 9.17) is 33.2 Å². The molecular weight excluding hydrogens is 231 g/mol. The van der Waals surface area contributed by atoms with E-state index in [1.54, 1.807) is 0 Å². The first-order valence-corrected chi connectivity index (χ1v) is 9.55. The van der Waals surface area contributed by atoms with Crippen LogP contribution < -0.4 is 0 Å². The molecule has 3 atom stereocenters. The fraction of sp³-hybridized carbons (Fsp3) is 1.00. The molecule has 2 aliphatic rings. The molecule has 0 N–H and O–H groups in total. The molecule has 0 radical (unpaired) electrons. The largest absolute Gasteiger partial charge is 0.347 e. The van der Waals surface area contributed by atoms with Gasteiger partial charge in [0.2, 0.25) is 0 Å². The Labute approximate surface area is 88.7 Å². The van der Waals surface area contributed by atoms with Gasteiger partial charge in [0, 0.05) is 5.04 Å². The van der Waals surface area contributed by atoms with Crippen molar-refractivity contribution < 1.29 is 0 Å². The zero-order valence-corrected chi connectivity index (χ0v) is 10.4. The highest BCUT2D eigenvalue weighted by molar-refractivity contribution is 7.65. The predicted molar refractivity (Wildman–Crippen MR) is 57.1 cm³/mol. The monoisotopic (exact) mass is 242 g/mol. The molecule has 2 fully saturated rings. The summed E-state index contributed by atoms with van der Waals surface area (Å²) in [5.74, 6) is 1.65. The van der Waals surface area contributed by atoms with Crippen molar-refractivity contribution in [1.82, 2.24) is 0 Å². The second-order valence-electron chi connectivity index (χ2n) is 4.46. The molecule has 2 aliphatic carbocycles. The molecule has 0 nitrogen and oxygen atoms in total. The summed E-state index contributed by atoms with van der Waals surface area (Å²) >= 11 is 18.5. The van der Waals surface area contributed by atoms with Crippen molar-refractivity contribution >= 4 is 39.2 Å². The first-order valence-electron chi connectivity index (χ1n) is 4.51. The van der Waals surface area contributed by atoms with Crippen molar-refractivity contribution in [2.45, 2.75) is 37.6 Å². The summed E-state index contributed by atoms with van der Waals surface area (Å²) in [5, 5.41) is 0.155. The molecule has 0 aromatic heterocycles. The Balaban J connectivity index is 2.24. The lowest BCUT2D eigenvalue weighted by Crippen LogP contribution is -2.30. The summed E-state index contributed by atoms with van der Waals surface area (Å²) in [5.41, 5.74) is 0. The Kier molecular flexibility index (Phi) is 2.24. The third-order valence-corrected chi connectivity index (χ3v) is 9.23. The highest BCUT2D eigenvalue weighted by atomic mass is 35.8. The van der Waals surface area contributed by atoms with Crippen molar-refractivity contribution in [1.29, 1.82) is 0 Å². The van der Waals surface area contributed by atoms with Crippen molar-refractivity contribution in [3.63, 3.8) is 0 Å². The quantitative estimate of drug-likeness (QED) is 0.478. The van der Waals surface area contributed by atoms with Crippen LogP contribution in [-0.4, -0.2) is 6.00 Å². The summed E-state index contributed by atoms with van der Waals surface area (Å²) in [6.45, 7) is 2.30. The van der Waals surface area contributed by atoms with E-state index >= 15 is 0 Å². The minimum absolute atomic E-state index is 0.155. The van der Waals surface area contributed by atoms with Gasteiger partial charge in [0.25, 0.3) is 0 Å². The molecule has 0 aliphatic heterocycles. The highest BCUT2D eigenvalue weighted by Gasteiger charge is 2.60.